The summed E-state index contributed by atoms with van der Waals surface area (Å²) >= 11 is 6.03. The highest BCUT2D eigenvalue weighted by Gasteiger charge is 2.10. The summed E-state index contributed by atoms with van der Waals surface area (Å²) in [5.74, 6) is 1.42. The lowest BCUT2D eigenvalue weighted by Gasteiger charge is -2.18. The van der Waals surface area contributed by atoms with Crippen LogP contribution in [0, 0.1) is 0 Å². The number of benzene rings is 2. The van der Waals surface area contributed by atoms with Crippen molar-refractivity contribution in [3.63, 3.8) is 0 Å². The highest BCUT2D eigenvalue weighted by Crippen LogP contribution is 2.28. The Kier molecular flexibility index (Phi) is 6.34. The van der Waals surface area contributed by atoms with E-state index < -0.39 is 0 Å². The smallest absolute Gasteiger partial charge is 0.262 e. The number of pyridine rings is 1. The second-order valence-corrected chi connectivity index (χ2v) is 6.57. The number of carbonyl (C=O) groups is 1. The van der Waals surface area contributed by atoms with Crippen LogP contribution in [-0.2, 0) is 4.79 Å². The van der Waals surface area contributed by atoms with Gasteiger partial charge >= 0.3 is 0 Å². The summed E-state index contributed by atoms with van der Waals surface area (Å²) in [6, 6.07) is 17.7. The van der Waals surface area contributed by atoms with E-state index in [1.807, 2.05) is 37.2 Å². The monoisotopic (exact) mass is 397 g/mol. The number of anilines is 2. The van der Waals surface area contributed by atoms with Gasteiger partial charge in [-0.2, -0.15) is 0 Å². The van der Waals surface area contributed by atoms with Gasteiger partial charge < -0.3 is 19.7 Å². The number of halogens is 1. The first-order chi connectivity index (χ1) is 13.5. The minimum Gasteiger partial charge on any atom is -0.484 e. The lowest BCUT2D eigenvalue weighted by molar-refractivity contribution is -0.118. The van der Waals surface area contributed by atoms with E-state index in [2.05, 4.69) is 10.3 Å². The molecule has 0 aliphatic heterocycles. The molecule has 0 saturated carbocycles. The van der Waals surface area contributed by atoms with Crippen molar-refractivity contribution < 1.29 is 14.3 Å². The molecule has 1 amide bonds. The molecule has 0 atom stereocenters. The Morgan fingerprint density at radius 2 is 1.82 bits per heavy atom. The molecule has 0 radical (unpaired) electrons. The summed E-state index contributed by atoms with van der Waals surface area (Å²) in [4.78, 5) is 18.2. The molecule has 1 heterocycles. The molecule has 2 aromatic carbocycles. The maximum atomic E-state index is 12.2. The van der Waals surface area contributed by atoms with Crippen LogP contribution in [-0.4, -0.2) is 31.6 Å². The van der Waals surface area contributed by atoms with Gasteiger partial charge in [-0.3, -0.25) is 4.79 Å². The molecule has 3 aromatic rings. The minimum atomic E-state index is -0.279. The number of ether oxygens (including phenoxy) is 2. The molecule has 0 fully saturated rings. The molecule has 0 aliphatic rings. The third kappa shape index (κ3) is 5.37. The SMILES string of the molecule is CN(C)c1ccc(Cl)cc1NC(=O)COc1ccc(Oc2ccccn2)cc1. The third-order valence-corrected chi connectivity index (χ3v) is 4.00. The number of hydrogen-bond donors (Lipinski definition) is 1. The number of rotatable bonds is 7. The van der Waals surface area contributed by atoms with Gasteiger partial charge in [0.25, 0.3) is 5.91 Å². The van der Waals surface area contributed by atoms with Crippen molar-refractivity contribution in [3.8, 4) is 17.4 Å². The Balaban J connectivity index is 1.56. The molecule has 1 N–H and O–H groups in total. The summed E-state index contributed by atoms with van der Waals surface area (Å²) < 4.78 is 11.2. The molecule has 0 aliphatic carbocycles. The highest BCUT2D eigenvalue weighted by atomic mass is 35.5. The molecular weight excluding hydrogens is 378 g/mol. The number of nitrogens with zero attached hydrogens (tertiary/aromatic N) is 2. The average molecular weight is 398 g/mol. The first kappa shape index (κ1) is 19.5. The van der Waals surface area contributed by atoms with Crippen molar-refractivity contribution in [3.05, 3.63) is 71.9 Å². The molecule has 1 aromatic heterocycles. The third-order valence-electron chi connectivity index (χ3n) is 3.77. The van der Waals surface area contributed by atoms with E-state index in [4.69, 9.17) is 21.1 Å². The van der Waals surface area contributed by atoms with Crippen LogP contribution in [0.3, 0.4) is 0 Å². The quantitative estimate of drug-likeness (QED) is 0.630. The molecule has 6 nitrogen and oxygen atoms in total. The molecular formula is C21H20ClN3O3. The van der Waals surface area contributed by atoms with E-state index in [1.165, 1.54) is 0 Å². The number of hydrogen-bond acceptors (Lipinski definition) is 5. The van der Waals surface area contributed by atoms with E-state index in [1.54, 1.807) is 48.7 Å². The summed E-state index contributed by atoms with van der Waals surface area (Å²) in [5.41, 5.74) is 1.49. The van der Waals surface area contributed by atoms with Crippen LogP contribution in [0.5, 0.6) is 17.4 Å². The molecule has 144 valence electrons. The predicted molar refractivity (Wildman–Crippen MR) is 111 cm³/mol. The Bertz CT molecular complexity index is 931. The van der Waals surface area contributed by atoms with E-state index >= 15 is 0 Å². The maximum Gasteiger partial charge on any atom is 0.262 e. The fraction of sp³-hybridized carbons (Fsp3) is 0.143. The molecule has 28 heavy (non-hydrogen) atoms. The van der Waals surface area contributed by atoms with Crippen molar-refractivity contribution in [2.45, 2.75) is 0 Å². The molecule has 3 rings (SSSR count). The van der Waals surface area contributed by atoms with E-state index in [9.17, 15) is 4.79 Å². The van der Waals surface area contributed by atoms with E-state index in [0.29, 0.717) is 28.1 Å². The number of carbonyl (C=O) groups excluding carboxylic acids is 1. The Hall–Kier alpha value is -3.25. The molecule has 0 bridgehead atoms. The summed E-state index contributed by atoms with van der Waals surface area (Å²) in [5, 5.41) is 3.37. The van der Waals surface area contributed by atoms with Crippen LogP contribution >= 0.6 is 11.6 Å². The van der Waals surface area contributed by atoms with Crippen LogP contribution in [0.15, 0.2) is 66.9 Å². The Morgan fingerprint density at radius 1 is 1.07 bits per heavy atom. The van der Waals surface area contributed by atoms with E-state index in [-0.39, 0.29) is 12.5 Å². The molecule has 0 unspecified atom stereocenters. The molecule has 0 spiro atoms. The van der Waals surface area contributed by atoms with Crippen LogP contribution in [0.25, 0.3) is 0 Å². The zero-order chi connectivity index (χ0) is 19.9. The largest absolute Gasteiger partial charge is 0.484 e. The maximum absolute atomic E-state index is 12.2. The number of nitrogens with one attached hydrogen (secondary N) is 1. The normalized spacial score (nSPS) is 10.2. The van der Waals surface area contributed by atoms with Crippen LogP contribution in [0.4, 0.5) is 11.4 Å². The van der Waals surface area contributed by atoms with E-state index in [0.717, 1.165) is 5.69 Å². The number of amides is 1. The Morgan fingerprint density at radius 3 is 2.50 bits per heavy atom. The zero-order valence-electron chi connectivity index (χ0n) is 15.6. The molecule has 0 saturated heterocycles. The second-order valence-electron chi connectivity index (χ2n) is 6.13. The number of aromatic nitrogens is 1. The van der Waals surface area contributed by atoms with Crippen LogP contribution in [0.2, 0.25) is 5.02 Å². The highest BCUT2D eigenvalue weighted by molar-refractivity contribution is 6.31. The van der Waals surface area contributed by atoms with Crippen LogP contribution in [0.1, 0.15) is 0 Å². The standard InChI is InChI=1S/C21H20ClN3O3/c1-25(2)19-11-6-15(22)13-18(19)24-20(26)14-27-16-7-9-17(10-8-16)28-21-5-3-4-12-23-21/h3-13H,14H2,1-2H3,(H,24,26). The van der Waals surface area contributed by atoms with Gasteiger partial charge in [0.1, 0.15) is 11.5 Å². The fourth-order valence-electron chi connectivity index (χ4n) is 2.47. The lowest BCUT2D eigenvalue weighted by Crippen LogP contribution is -2.22. The van der Waals surface area contributed by atoms with Crippen molar-refractivity contribution in [1.82, 2.24) is 4.98 Å². The first-order valence-electron chi connectivity index (χ1n) is 8.60. The van der Waals surface area contributed by atoms with Gasteiger partial charge in [-0.1, -0.05) is 17.7 Å². The average Bonchev–Trinajstić information content (AvgIpc) is 2.68. The van der Waals surface area contributed by atoms with Gasteiger partial charge in [0, 0.05) is 31.4 Å². The Labute approximate surface area is 168 Å². The summed E-state index contributed by atoms with van der Waals surface area (Å²) in [6.07, 6.45) is 1.66. The van der Waals surface area contributed by atoms with Gasteiger partial charge in [0.05, 0.1) is 11.4 Å². The van der Waals surface area contributed by atoms with Gasteiger partial charge in [-0.05, 0) is 48.5 Å². The fourth-order valence-corrected chi connectivity index (χ4v) is 2.64. The van der Waals surface area contributed by atoms with Crippen molar-refractivity contribution in [2.24, 2.45) is 0 Å². The summed E-state index contributed by atoms with van der Waals surface area (Å²) in [7, 11) is 3.79. The topological polar surface area (TPSA) is 63.7 Å². The second kappa shape index (κ2) is 9.10. The molecule has 7 heteroatoms. The van der Waals surface area contributed by atoms with Gasteiger partial charge in [-0.15, -0.1) is 0 Å². The predicted octanol–water partition coefficient (Wildman–Crippen LogP) is 4.61. The lowest BCUT2D eigenvalue weighted by atomic mass is 10.2. The van der Waals surface area contributed by atoms with Crippen molar-refractivity contribution >= 4 is 28.9 Å². The van der Waals surface area contributed by atoms with Crippen molar-refractivity contribution in [1.29, 1.82) is 0 Å². The minimum absolute atomic E-state index is 0.125. The summed E-state index contributed by atoms with van der Waals surface area (Å²) in [6.45, 7) is -0.125. The van der Waals surface area contributed by atoms with Gasteiger partial charge in [0.2, 0.25) is 5.88 Å². The van der Waals surface area contributed by atoms with Crippen molar-refractivity contribution in [2.75, 3.05) is 30.9 Å². The van der Waals surface area contributed by atoms with Gasteiger partial charge in [0.15, 0.2) is 6.61 Å². The first-order valence-corrected chi connectivity index (χ1v) is 8.97. The van der Waals surface area contributed by atoms with Gasteiger partial charge in [-0.25, -0.2) is 4.98 Å². The zero-order valence-corrected chi connectivity index (χ0v) is 16.3. The van der Waals surface area contributed by atoms with Crippen LogP contribution < -0.4 is 19.7 Å².